The Bertz CT molecular complexity index is 959. The van der Waals surface area contributed by atoms with E-state index in [0.717, 1.165) is 88.9 Å². The van der Waals surface area contributed by atoms with Crippen molar-refractivity contribution in [3.05, 3.63) is 35.5 Å². The Morgan fingerprint density at radius 3 is 2.55 bits per heavy atom. The number of para-hydroxylation sites is 1. The van der Waals surface area contributed by atoms with Crippen molar-refractivity contribution in [1.29, 1.82) is 0 Å². The second kappa shape index (κ2) is 11.3. The molecule has 1 aromatic heterocycles. The zero-order valence-electron chi connectivity index (χ0n) is 20.4. The zero-order chi connectivity index (χ0) is 23.2. The molecular formula is C27H39N3O3. The highest BCUT2D eigenvalue weighted by molar-refractivity contribution is 6.11. The summed E-state index contributed by atoms with van der Waals surface area (Å²) >= 11 is 0. The molecule has 4 rings (SSSR count). The number of unbranched alkanes of at least 4 members (excludes halogenated alkanes) is 2. The van der Waals surface area contributed by atoms with Crippen LogP contribution in [0, 0.1) is 5.92 Å². The second-order valence-electron chi connectivity index (χ2n) is 9.44. The van der Waals surface area contributed by atoms with E-state index in [1.54, 1.807) is 0 Å². The first kappa shape index (κ1) is 24.0. The van der Waals surface area contributed by atoms with Crippen LogP contribution in [0.5, 0.6) is 0 Å². The van der Waals surface area contributed by atoms with Crippen molar-refractivity contribution in [2.24, 2.45) is 5.92 Å². The molecule has 6 heteroatoms. The summed E-state index contributed by atoms with van der Waals surface area (Å²) < 4.78 is 7.40. The van der Waals surface area contributed by atoms with Crippen LogP contribution in [-0.4, -0.2) is 72.0 Å². The predicted molar refractivity (Wildman–Crippen MR) is 132 cm³/mol. The number of aromatic nitrogens is 1. The van der Waals surface area contributed by atoms with Gasteiger partial charge in [-0.25, -0.2) is 0 Å². The third-order valence-electron chi connectivity index (χ3n) is 7.38. The lowest BCUT2D eigenvalue weighted by Crippen LogP contribution is -2.48. The first-order chi connectivity index (χ1) is 16.1. The number of Topliss-reactive ketones (excluding diaryl/α,β-unsaturated/α-hetero) is 1. The molecule has 0 saturated carbocycles. The van der Waals surface area contributed by atoms with Gasteiger partial charge in [-0.3, -0.25) is 9.59 Å². The normalized spacial score (nSPS) is 19.7. The van der Waals surface area contributed by atoms with Crippen LogP contribution in [0.15, 0.2) is 24.3 Å². The molecule has 6 nitrogen and oxygen atoms in total. The minimum absolute atomic E-state index is 0.103. The summed E-state index contributed by atoms with van der Waals surface area (Å²) in [5.41, 5.74) is 3.37. The molecule has 1 aliphatic heterocycles. The van der Waals surface area contributed by atoms with Gasteiger partial charge in [-0.05, 0) is 45.2 Å². The summed E-state index contributed by atoms with van der Waals surface area (Å²) in [5, 5.41) is 1.12. The zero-order valence-corrected chi connectivity index (χ0v) is 20.4. The molecule has 0 N–H and O–H groups in total. The number of benzene rings is 1. The van der Waals surface area contributed by atoms with Crippen LogP contribution in [0.1, 0.15) is 62.0 Å². The van der Waals surface area contributed by atoms with Gasteiger partial charge < -0.3 is 19.1 Å². The number of piperazine rings is 1. The summed E-state index contributed by atoms with van der Waals surface area (Å²) in [6, 6.07) is 8.39. The number of fused-ring (bicyclic) bond motifs is 3. The molecular weight excluding hydrogens is 414 g/mol. The second-order valence-corrected chi connectivity index (χ2v) is 9.44. The third-order valence-corrected chi connectivity index (χ3v) is 7.38. The standard InChI is InChI=1S/C27H39N3O3/c1-3-28-16-18-29(19-17-28)20-21-13-14-24-26(27(21)32)22-10-7-8-11-23(22)30(24)15-9-5-6-12-25(31)33-4-2/h7-8,10-11,21H,3-6,9,12-20H2,1-2H3. The Hall–Kier alpha value is -2.18. The molecule has 0 spiro atoms. The Balaban J connectivity index is 1.42. The van der Waals surface area contributed by atoms with Gasteiger partial charge in [-0.2, -0.15) is 0 Å². The number of esters is 1. The van der Waals surface area contributed by atoms with Crippen molar-refractivity contribution in [2.45, 2.75) is 58.9 Å². The van der Waals surface area contributed by atoms with Crippen molar-refractivity contribution in [3.8, 4) is 0 Å². The van der Waals surface area contributed by atoms with E-state index in [2.05, 4.69) is 39.5 Å². The van der Waals surface area contributed by atoms with E-state index in [0.29, 0.717) is 18.8 Å². The molecule has 0 bridgehead atoms. The fraction of sp³-hybridized carbons (Fsp3) is 0.630. The average molecular weight is 454 g/mol. The number of carbonyl (C=O) groups excluding carboxylic acids is 2. The summed E-state index contributed by atoms with van der Waals surface area (Å²) in [6.07, 6.45) is 5.25. The number of rotatable bonds is 10. The van der Waals surface area contributed by atoms with Gasteiger partial charge in [0.1, 0.15) is 0 Å². The van der Waals surface area contributed by atoms with Gasteiger partial charge in [-0.1, -0.05) is 31.5 Å². The topological polar surface area (TPSA) is 54.8 Å². The molecule has 0 amide bonds. The van der Waals surface area contributed by atoms with Crippen LogP contribution in [0.3, 0.4) is 0 Å². The summed E-state index contributed by atoms with van der Waals surface area (Å²) in [5.74, 6) is 0.343. The number of ketones is 1. The monoisotopic (exact) mass is 453 g/mol. The molecule has 2 heterocycles. The Morgan fingerprint density at radius 1 is 1.03 bits per heavy atom. The van der Waals surface area contributed by atoms with Crippen LogP contribution >= 0.6 is 0 Å². The molecule has 1 unspecified atom stereocenters. The van der Waals surface area contributed by atoms with E-state index >= 15 is 0 Å². The van der Waals surface area contributed by atoms with Crippen molar-refractivity contribution in [2.75, 3.05) is 45.9 Å². The van der Waals surface area contributed by atoms with Crippen LogP contribution in [-0.2, 0) is 22.5 Å². The first-order valence-electron chi connectivity index (χ1n) is 12.9. The fourth-order valence-electron chi connectivity index (χ4n) is 5.52. The van der Waals surface area contributed by atoms with Crippen LogP contribution in [0.25, 0.3) is 10.9 Å². The van der Waals surface area contributed by atoms with E-state index in [1.165, 1.54) is 11.2 Å². The molecule has 0 radical (unpaired) electrons. The molecule has 1 atom stereocenters. The maximum absolute atomic E-state index is 13.6. The lowest BCUT2D eigenvalue weighted by atomic mass is 9.84. The summed E-state index contributed by atoms with van der Waals surface area (Å²) in [4.78, 5) is 30.2. The van der Waals surface area contributed by atoms with Gasteiger partial charge in [0.15, 0.2) is 5.78 Å². The van der Waals surface area contributed by atoms with Crippen LogP contribution in [0.4, 0.5) is 0 Å². The molecule has 2 aliphatic rings. The van der Waals surface area contributed by atoms with Gasteiger partial charge in [0.05, 0.1) is 6.61 Å². The van der Waals surface area contributed by atoms with E-state index in [-0.39, 0.29) is 11.9 Å². The smallest absolute Gasteiger partial charge is 0.305 e. The minimum atomic E-state index is -0.103. The number of aryl methyl sites for hydroxylation is 1. The van der Waals surface area contributed by atoms with E-state index in [9.17, 15) is 9.59 Å². The van der Waals surface area contributed by atoms with Gasteiger partial charge in [0.25, 0.3) is 0 Å². The van der Waals surface area contributed by atoms with E-state index in [4.69, 9.17) is 4.74 Å². The Kier molecular flexibility index (Phi) is 8.20. The first-order valence-corrected chi connectivity index (χ1v) is 12.9. The van der Waals surface area contributed by atoms with Gasteiger partial charge in [-0.15, -0.1) is 0 Å². The lowest BCUT2D eigenvalue weighted by Gasteiger charge is -2.36. The maximum atomic E-state index is 13.6. The van der Waals surface area contributed by atoms with Crippen LogP contribution < -0.4 is 0 Å². The van der Waals surface area contributed by atoms with Gasteiger partial charge in [0, 0.05) is 73.8 Å². The summed E-state index contributed by atoms with van der Waals surface area (Å²) in [6.45, 7) is 11.8. The highest BCUT2D eigenvalue weighted by Gasteiger charge is 2.34. The largest absolute Gasteiger partial charge is 0.466 e. The molecule has 1 aromatic carbocycles. The quantitative estimate of drug-likeness (QED) is 0.400. The SMILES string of the molecule is CCOC(=O)CCCCCn1c2c(c3ccccc31)C(=O)C(CN1CCN(CC)CC1)CC2. The highest BCUT2D eigenvalue weighted by Crippen LogP contribution is 2.35. The Labute approximate surface area is 197 Å². The van der Waals surface area contributed by atoms with E-state index in [1.807, 2.05) is 13.0 Å². The maximum Gasteiger partial charge on any atom is 0.305 e. The summed E-state index contributed by atoms with van der Waals surface area (Å²) in [7, 11) is 0. The lowest BCUT2D eigenvalue weighted by molar-refractivity contribution is -0.143. The van der Waals surface area contributed by atoms with Gasteiger partial charge >= 0.3 is 5.97 Å². The number of hydrogen-bond donors (Lipinski definition) is 0. The minimum Gasteiger partial charge on any atom is -0.466 e. The molecule has 1 saturated heterocycles. The number of ether oxygens (including phenoxy) is 1. The predicted octanol–water partition coefficient (Wildman–Crippen LogP) is 4.15. The number of carbonyl (C=O) groups is 2. The van der Waals surface area contributed by atoms with Gasteiger partial charge in [0.2, 0.25) is 0 Å². The van der Waals surface area contributed by atoms with Crippen LogP contribution in [0.2, 0.25) is 0 Å². The highest BCUT2D eigenvalue weighted by atomic mass is 16.5. The van der Waals surface area contributed by atoms with Crippen molar-refractivity contribution >= 4 is 22.7 Å². The molecule has 1 fully saturated rings. The Morgan fingerprint density at radius 2 is 1.79 bits per heavy atom. The van der Waals surface area contributed by atoms with Crippen molar-refractivity contribution < 1.29 is 14.3 Å². The number of likely N-dealkylation sites (N-methyl/N-ethyl adjacent to an activating group) is 1. The molecule has 2 aromatic rings. The fourth-order valence-corrected chi connectivity index (χ4v) is 5.52. The molecule has 180 valence electrons. The van der Waals surface area contributed by atoms with E-state index < -0.39 is 0 Å². The average Bonchev–Trinajstić information content (AvgIpc) is 3.15. The number of hydrogen-bond acceptors (Lipinski definition) is 5. The molecule has 33 heavy (non-hydrogen) atoms. The van der Waals surface area contributed by atoms with Crippen molar-refractivity contribution in [1.82, 2.24) is 14.4 Å². The third kappa shape index (κ3) is 5.49. The van der Waals surface area contributed by atoms with Crippen molar-refractivity contribution in [3.63, 3.8) is 0 Å². The number of nitrogens with zero attached hydrogens (tertiary/aromatic N) is 3. The molecule has 1 aliphatic carbocycles.